The standard InChI is InChI=1S/C8H14BrNO.H2O/c1-10-4-5-2-3-6(11)8(10)7(5)9;/h5-8,11H,2-4H2,1H3;1H2/t5-,6+,7-,8-;/m1./s1. The zero-order chi connectivity index (χ0) is 8.01. The van der Waals surface area contributed by atoms with Crippen LogP contribution in [0, 0.1) is 5.92 Å². The third-order valence-corrected chi connectivity index (χ3v) is 4.32. The SMILES string of the molecule is CN1C[C@H]2CC[C@H](O)[C@@H]1[C@@H]2Br.O. The number of nitrogens with zero attached hydrogens (tertiary/aromatic N) is 1. The van der Waals surface area contributed by atoms with Gasteiger partial charge in [-0.15, -0.1) is 0 Å². The molecule has 0 aromatic rings. The van der Waals surface area contributed by atoms with Crippen LogP contribution in [0.4, 0.5) is 0 Å². The van der Waals surface area contributed by atoms with E-state index in [4.69, 9.17) is 0 Å². The second kappa shape index (κ2) is 3.62. The van der Waals surface area contributed by atoms with Crippen LogP contribution >= 0.6 is 15.9 Å². The molecule has 0 amide bonds. The van der Waals surface area contributed by atoms with E-state index >= 15 is 0 Å². The van der Waals surface area contributed by atoms with Crippen molar-refractivity contribution in [1.29, 1.82) is 0 Å². The minimum atomic E-state index is -0.108. The molecule has 4 heteroatoms. The van der Waals surface area contributed by atoms with E-state index in [1.54, 1.807) is 0 Å². The summed E-state index contributed by atoms with van der Waals surface area (Å²) in [6.45, 7) is 1.15. The van der Waals surface area contributed by atoms with Gasteiger partial charge >= 0.3 is 0 Å². The Morgan fingerprint density at radius 3 is 2.67 bits per heavy atom. The summed E-state index contributed by atoms with van der Waals surface area (Å²) in [4.78, 5) is 2.80. The molecule has 2 bridgehead atoms. The van der Waals surface area contributed by atoms with E-state index in [0.29, 0.717) is 10.9 Å². The number of hydrogen-bond acceptors (Lipinski definition) is 2. The van der Waals surface area contributed by atoms with E-state index in [1.807, 2.05) is 0 Å². The van der Waals surface area contributed by atoms with Gasteiger partial charge in [0.25, 0.3) is 0 Å². The van der Waals surface area contributed by atoms with Gasteiger partial charge in [-0.3, -0.25) is 4.90 Å². The Hall–Kier alpha value is 0.360. The molecule has 3 nitrogen and oxygen atoms in total. The zero-order valence-corrected chi connectivity index (χ0v) is 8.79. The summed E-state index contributed by atoms with van der Waals surface area (Å²) in [5.41, 5.74) is 0. The fourth-order valence-electron chi connectivity index (χ4n) is 2.43. The number of fused-ring (bicyclic) bond motifs is 2. The Morgan fingerprint density at radius 2 is 2.08 bits per heavy atom. The molecular formula is C8H16BrNO2. The van der Waals surface area contributed by atoms with Crippen LogP contribution in [-0.4, -0.2) is 46.0 Å². The molecule has 1 aliphatic heterocycles. The molecule has 3 N–H and O–H groups in total. The number of likely N-dealkylation sites (tertiary alicyclic amines) is 1. The smallest absolute Gasteiger partial charge is 0.0706 e. The first kappa shape index (κ1) is 10.4. The molecule has 2 fully saturated rings. The van der Waals surface area contributed by atoms with Gasteiger partial charge < -0.3 is 10.6 Å². The van der Waals surface area contributed by atoms with Crippen LogP contribution in [0.15, 0.2) is 0 Å². The molecule has 0 spiro atoms. The van der Waals surface area contributed by atoms with Gasteiger partial charge in [0.05, 0.1) is 6.10 Å². The first-order chi connectivity index (χ1) is 5.20. The van der Waals surface area contributed by atoms with Crippen LogP contribution in [0.5, 0.6) is 0 Å². The Balaban J connectivity index is 0.000000720. The normalized spacial score (nSPS) is 47.2. The highest BCUT2D eigenvalue weighted by Crippen LogP contribution is 2.39. The molecule has 1 saturated carbocycles. The highest BCUT2D eigenvalue weighted by atomic mass is 79.9. The van der Waals surface area contributed by atoms with Crippen molar-refractivity contribution in [2.24, 2.45) is 5.92 Å². The van der Waals surface area contributed by atoms with Crippen LogP contribution in [0.2, 0.25) is 0 Å². The van der Waals surface area contributed by atoms with Crippen LogP contribution < -0.4 is 0 Å². The summed E-state index contributed by atoms with van der Waals surface area (Å²) in [5.74, 6) is 0.772. The molecular weight excluding hydrogens is 222 g/mol. The number of aliphatic hydroxyl groups excluding tert-OH is 1. The molecule has 1 heterocycles. The first-order valence-corrected chi connectivity index (χ1v) is 5.14. The van der Waals surface area contributed by atoms with E-state index in [9.17, 15) is 5.11 Å². The Labute approximate surface area is 81.2 Å². The lowest BCUT2D eigenvalue weighted by molar-refractivity contribution is 0.0739. The van der Waals surface area contributed by atoms with Gasteiger partial charge in [0.15, 0.2) is 0 Å². The number of rotatable bonds is 0. The van der Waals surface area contributed by atoms with Crippen LogP contribution in [0.1, 0.15) is 12.8 Å². The second-order valence-electron chi connectivity index (χ2n) is 3.78. The van der Waals surface area contributed by atoms with Crippen molar-refractivity contribution in [3.8, 4) is 0 Å². The maximum absolute atomic E-state index is 9.66. The zero-order valence-electron chi connectivity index (χ0n) is 7.20. The van der Waals surface area contributed by atoms with Crippen molar-refractivity contribution >= 4 is 15.9 Å². The van der Waals surface area contributed by atoms with Gasteiger partial charge in [0.2, 0.25) is 0 Å². The summed E-state index contributed by atoms with van der Waals surface area (Å²) in [5, 5.41) is 9.66. The first-order valence-electron chi connectivity index (χ1n) is 4.22. The fourth-order valence-corrected chi connectivity index (χ4v) is 3.61. The molecule has 0 unspecified atom stereocenters. The quantitative estimate of drug-likeness (QED) is 0.604. The third kappa shape index (κ3) is 1.41. The van der Waals surface area contributed by atoms with Crippen molar-refractivity contribution in [2.75, 3.05) is 13.6 Å². The van der Waals surface area contributed by atoms with Gasteiger partial charge in [0, 0.05) is 17.4 Å². The van der Waals surface area contributed by atoms with Crippen LogP contribution in [0.25, 0.3) is 0 Å². The lowest BCUT2D eigenvalue weighted by Gasteiger charge is -2.31. The average Bonchev–Trinajstić information content (AvgIpc) is 2.11. The molecule has 2 aliphatic rings. The molecule has 2 rings (SSSR count). The number of halogens is 1. The monoisotopic (exact) mass is 237 g/mol. The van der Waals surface area contributed by atoms with Gasteiger partial charge in [-0.1, -0.05) is 15.9 Å². The van der Waals surface area contributed by atoms with Gasteiger partial charge in [-0.2, -0.15) is 0 Å². The lowest BCUT2D eigenvalue weighted by atomic mass is 9.88. The summed E-state index contributed by atoms with van der Waals surface area (Å²) in [6, 6.07) is 0.369. The topological polar surface area (TPSA) is 55.0 Å². The number of likely N-dealkylation sites (N-methyl/N-ethyl adjacent to an activating group) is 1. The minimum Gasteiger partial charge on any atom is -0.412 e. The molecule has 1 aliphatic carbocycles. The number of alkyl halides is 1. The average molecular weight is 238 g/mol. The maximum atomic E-state index is 9.66. The maximum Gasteiger partial charge on any atom is 0.0706 e. The molecule has 4 atom stereocenters. The van der Waals surface area contributed by atoms with Crippen molar-refractivity contribution in [3.05, 3.63) is 0 Å². The summed E-state index contributed by atoms with van der Waals surface area (Å²) in [6.07, 6.45) is 2.06. The molecule has 0 aromatic heterocycles. The Morgan fingerprint density at radius 1 is 1.42 bits per heavy atom. The molecule has 0 radical (unpaired) electrons. The largest absolute Gasteiger partial charge is 0.412 e. The Bertz CT molecular complexity index is 163. The van der Waals surface area contributed by atoms with Gasteiger partial charge in [0.1, 0.15) is 0 Å². The second-order valence-corrected chi connectivity index (χ2v) is 4.84. The van der Waals surface area contributed by atoms with E-state index in [1.165, 1.54) is 6.42 Å². The fraction of sp³-hybridized carbons (Fsp3) is 1.00. The molecule has 0 aromatic carbocycles. The highest BCUT2D eigenvalue weighted by Gasteiger charge is 2.45. The van der Waals surface area contributed by atoms with E-state index < -0.39 is 0 Å². The summed E-state index contributed by atoms with van der Waals surface area (Å²) < 4.78 is 0. The Kier molecular flexibility index (Phi) is 3.15. The summed E-state index contributed by atoms with van der Waals surface area (Å²) >= 11 is 3.66. The predicted molar refractivity (Wildman–Crippen MR) is 51.5 cm³/mol. The minimum absolute atomic E-state index is 0. The third-order valence-electron chi connectivity index (χ3n) is 3.04. The van der Waals surface area contributed by atoms with E-state index in [0.717, 1.165) is 18.9 Å². The molecule has 12 heavy (non-hydrogen) atoms. The number of aliphatic hydroxyl groups is 1. The molecule has 1 saturated heterocycles. The summed E-state index contributed by atoms with van der Waals surface area (Å²) in [7, 11) is 2.10. The molecule has 72 valence electrons. The highest BCUT2D eigenvalue weighted by molar-refractivity contribution is 9.09. The van der Waals surface area contributed by atoms with Crippen LogP contribution in [0.3, 0.4) is 0 Å². The predicted octanol–water partition coefficient (Wildman–Crippen LogP) is 0.0101. The van der Waals surface area contributed by atoms with Crippen molar-refractivity contribution in [3.63, 3.8) is 0 Å². The van der Waals surface area contributed by atoms with Crippen LogP contribution in [-0.2, 0) is 0 Å². The van der Waals surface area contributed by atoms with Gasteiger partial charge in [-0.05, 0) is 25.8 Å². The van der Waals surface area contributed by atoms with E-state index in [-0.39, 0.29) is 11.6 Å². The lowest BCUT2D eigenvalue weighted by Crippen LogP contribution is -2.43. The van der Waals surface area contributed by atoms with E-state index in [2.05, 4.69) is 27.9 Å². The number of hydrogen-bond donors (Lipinski definition) is 1. The van der Waals surface area contributed by atoms with Crippen molar-refractivity contribution in [1.82, 2.24) is 4.90 Å². The van der Waals surface area contributed by atoms with Gasteiger partial charge in [-0.25, -0.2) is 0 Å². The van der Waals surface area contributed by atoms with Crippen molar-refractivity contribution < 1.29 is 10.6 Å². The van der Waals surface area contributed by atoms with Crippen molar-refractivity contribution in [2.45, 2.75) is 29.8 Å².